The normalized spacial score (nSPS) is 11.1. The molecule has 0 unspecified atom stereocenters. The molecule has 0 aliphatic rings. The Balaban J connectivity index is 2.16. The third-order valence-electron chi connectivity index (χ3n) is 4.25. The molecular weight excluding hydrogens is 358 g/mol. The van der Waals surface area contributed by atoms with Crippen LogP contribution < -0.4 is 19.5 Å². The summed E-state index contributed by atoms with van der Waals surface area (Å²) in [5.74, 6) is 2.83. The highest BCUT2D eigenvalue weighted by Gasteiger charge is 2.11. The highest BCUT2D eigenvalue weighted by molar-refractivity contribution is 5.79. The average molecular weight is 387 g/mol. The second kappa shape index (κ2) is 10.3. The van der Waals surface area contributed by atoms with Crippen LogP contribution in [0.2, 0.25) is 0 Å². The van der Waals surface area contributed by atoms with Crippen LogP contribution in [-0.2, 0) is 13.1 Å². The van der Waals surface area contributed by atoms with Gasteiger partial charge >= 0.3 is 0 Å². The third-order valence-corrected chi connectivity index (χ3v) is 4.25. The van der Waals surface area contributed by atoms with Crippen LogP contribution in [0.25, 0.3) is 0 Å². The molecule has 2 rings (SSSR count). The van der Waals surface area contributed by atoms with Crippen LogP contribution in [0.1, 0.15) is 18.1 Å². The van der Waals surface area contributed by atoms with Crippen LogP contribution in [0.5, 0.6) is 23.0 Å². The fourth-order valence-corrected chi connectivity index (χ4v) is 2.78. The molecule has 0 saturated carbocycles. The van der Waals surface area contributed by atoms with Gasteiger partial charge in [-0.3, -0.25) is 0 Å². The molecule has 2 aromatic carbocycles. The summed E-state index contributed by atoms with van der Waals surface area (Å²) in [6.07, 6.45) is 0. The van der Waals surface area contributed by atoms with E-state index in [1.807, 2.05) is 43.1 Å². The predicted molar refractivity (Wildman–Crippen MR) is 110 cm³/mol. The number of hydrogen-bond acceptors (Lipinski definition) is 5. The standard InChI is InChI=1S/C21H29N3O4/c1-6-22-21(23-13-15-7-10-19(27-4)18(25)11-15)24(2)14-16-8-9-17(26-3)12-20(16)28-5/h7-12,25H,6,13-14H2,1-5H3,(H,22,23). The number of guanidine groups is 1. The maximum atomic E-state index is 9.94. The van der Waals surface area contributed by atoms with E-state index in [0.29, 0.717) is 18.8 Å². The number of ether oxygens (including phenoxy) is 3. The molecule has 7 heteroatoms. The fraction of sp³-hybridized carbons (Fsp3) is 0.381. The summed E-state index contributed by atoms with van der Waals surface area (Å²) in [5.41, 5.74) is 1.92. The number of benzene rings is 2. The second-order valence-corrected chi connectivity index (χ2v) is 6.21. The molecule has 0 aromatic heterocycles. The Morgan fingerprint density at radius 3 is 2.39 bits per heavy atom. The first-order chi connectivity index (χ1) is 13.5. The first kappa shape index (κ1) is 21.2. The van der Waals surface area contributed by atoms with Crippen molar-refractivity contribution in [1.29, 1.82) is 0 Å². The zero-order valence-corrected chi connectivity index (χ0v) is 17.2. The van der Waals surface area contributed by atoms with Gasteiger partial charge in [0.25, 0.3) is 0 Å². The van der Waals surface area contributed by atoms with Crippen LogP contribution in [0.4, 0.5) is 0 Å². The quantitative estimate of drug-likeness (QED) is 0.536. The number of phenols is 1. The number of hydrogen-bond donors (Lipinski definition) is 2. The molecule has 0 atom stereocenters. The van der Waals surface area contributed by atoms with E-state index >= 15 is 0 Å². The van der Waals surface area contributed by atoms with Crippen molar-refractivity contribution < 1.29 is 19.3 Å². The van der Waals surface area contributed by atoms with E-state index in [1.54, 1.807) is 26.4 Å². The first-order valence-electron chi connectivity index (χ1n) is 9.08. The molecule has 28 heavy (non-hydrogen) atoms. The van der Waals surface area contributed by atoms with E-state index in [1.165, 1.54) is 7.11 Å². The largest absolute Gasteiger partial charge is 0.504 e. The van der Waals surface area contributed by atoms with Gasteiger partial charge in [0.2, 0.25) is 0 Å². The first-order valence-corrected chi connectivity index (χ1v) is 9.08. The van der Waals surface area contributed by atoms with Gasteiger partial charge in [0.05, 0.1) is 27.9 Å². The van der Waals surface area contributed by atoms with Crippen molar-refractivity contribution in [2.45, 2.75) is 20.0 Å². The summed E-state index contributed by atoms with van der Waals surface area (Å²) in [6, 6.07) is 11.1. The molecule has 0 aliphatic heterocycles. The Bertz CT molecular complexity index is 808. The fourth-order valence-electron chi connectivity index (χ4n) is 2.78. The van der Waals surface area contributed by atoms with Crippen LogP contribution in [-0.4, -0.2) is 50.9 Å². The highest BCUT2D eigenvalue weighted by Crippen LogP contribution is 2.27. The van der Waals surface area contributed by atoms with Crippen LogP contribution in [0.3, 0.4) is 0 Å². The molecule has 0 amide bonds. The lowest BCUT2D eigenvalue weighted by Gasteiger charge is -2.23. The predicted octanol–water partition coefficient (Wildman–Crippen LogP) is 3.02. The Labute approximate surface area is 166 Å². The van der Waals surface area contributed by atoms with Gasteiger partial charge in [-0.15, -0.1) is 0 Å². The Kier molecular flexibility index (Phi) is 7.80. The third kappa shape index (κ3) is 5.45. The molecule has 0 radical (unpaired) electrons. The maximum Gasteiger partial charge on any atom is 0.194 e. The second-order valence-electron chi connectivity index (χ2n) is 6.21. The number of phenolic OH excluding ortho intramolecular Hbond substituents is 1. The van der Waals surface area contributed by atoms with Gasteiger partial charge in [0.1, 0.15) is 11.5 Å². The number of methoxy groups -OCH3 is 3. The van der Waals surface area contributed by atoms with Crippen molar-refractivity contribution in [3.63, 3.8) is 0 Å². The SMILES string of the molecule is CCNC(=NCc1ccc(OC)c(O)c1)N(C)Cc1ccc(OC)cc1OC. The smallest absolute Gasteiger partial charge is 0.194 e. The van der Waals surface area contributed by atoms with E-state index in [4.69, 9.17) is 14.2 Å². The van der Waals surface area contributed by atoms with Crippen molar-refractivity contribution in [3.05, 3.63) is 47.5 Å². The van der Waals surface area contributed by atoms with Crippen molar-refractivity contribution in [3.8, 4) is 23.0 Å². The number of aromatic hydroxyl groups is 1. The minimum atomic E-state index is 0.108. The maximum absolute atomic E-state index is 9.94. The lowest BCUT2D eigenvalue weighted by Crippen LogP contribution is -2.38. The van der Waals surface area contributed by atoms with Gasteiger partial charge in [0, 0.05) is 31.8 Å². The average Bonchev–Trinajstić information content (AvgIpc) is 2.71. The van der Waals surface area contributed by atoms with E-state index in [9.17, 15) is 5.11 Å². The summed E-state index contributed by atoms with van der Waals surface area (Å²) < 4.78 is 15.8. The zero-order valence-electron chi connectivity index (χ0n) is 17.2. The van der Waals surface area contributed by atoms with Crippen LogP contribution in [0, 0.1) is 0 Å². The number of nitrogens with one attached hydrogen (secondary N) is 1. The summed E-state index contributed by atoms with van der Waals surface area (Å²) in [4.78, 5) is 6.70. The Hall–Kier alpha value is -3.09. The molecule has 0 heterocycles. The van der Waals surface area contributed by atoms with Crippen LogP contribution >= 0.6 is 0 Å². The Morgan fingerprint density at radius 2 is 1.79 bits per heavy atom. The van der Waals surface area contributed by atoms with Crippen molar-refractivity contribution in [1.82, 2.24) is 10.2 Å². The topological polar surface area (TPSA) is 75.6 Å². The van der Waals surface area contributed by atoms with Gasteiger partial charge in [0.15, 0.2) is 17.5 Å². The molecular formula is C21H29N3O4. The number of aliphatic imine (C=N–C) groups is 1. The molecule has 7 nitrogen and oxygen atoms in total. The molecule has 2 aromatic rings. The van der Waals surface area contributed by atoms with Crippen molar-refractivity contribution >= 4 is 5.96 Å². The minimum Gasteiger partial charge on any atom is -0.504 e. The van der Waals surface area contributed by atoms with E-state index in [-0.39, 0.29) is 5.75 Å². The van der Waals surface area contributed by atoms with E-state index in [0.717, 1.165) is 35.1 Å². The molecule has 0 aliphatic carbocycles. The van der Waals surface area contributed by atoms with Gasteiger partial charge < -0.3 is 29.5 Å². The number of rotatable bonds is 8. The summed E-state index contributed by atoms with van der Waals surface area (Å²) in [5, 5.41) is 13.2. The Morgan fingerprint density at radius 1 is 1.04 bits per heavy atom. The monoisotopic (exact) mass is 387 g/mol. The molecule has 0 spiro atoms. The van der Waals surface area contributed by atoms with Gasteiger partial charge in [-0.25, -0.2) is 4.99 Å². The van der Waals surface area contributed by atoms with Gasteiger partial charge in [-0.2, -0.15) is 0 Å². The van der Waals surface area contributed by atoms with Crippen LogP contribution in [0.15, 0.2) is 41.4 Å². The molecule has 0 bridgehead atoms. The van der Waals surface area contributed by atoms with Gasteiger partial charge in [-0.1, -0.05) is 6.07 Å². The molecule has 0 fully saturated rings. The van der Waals surface area contributed by atoms with Crippen molar-refractivity contribution in [2.75, 3.05) is 34.9 Å². The summed E-state index contributed by atoms with van der Waals surface area (Å²) in [7, 11) is 6.77. The molecule has 152 valence electrons. The minimum absolute atomic E-state index is 0.108. The summed E-state index contributed by atoms with van der Waals surface area (Å²) >= 11 is 0. The van der Waals surface area contributed by atoms with E-state index < -0.39 is 0 Å². The van der Waals surface area contributed by atoms with E-state index in [2.05, 4.69) is 10.3 Å². The number of nitrogens with zero attached hydrogens (tertiary/aromatic N) is 2. The lowest BCUT2D eigenvalue weighted by atomic mass is 10.2. The van der Waals surface area contributed by atoms with Crippen molar-refractivity contribution in [2.24, 2.45) is 4.99 Å². The van der Waals surface area contributed by atoms with Gasteiger partial charge in [-0.05, 0) is 36.8 Å². The zero-order chi connectivity index (χ0) is 20.5. The summed E-state index contributed by atoms with van der Waals surface area (Å²) in [6.45, 7) is 3.82. The molecule has 0 saturated heterocycles. The lowest BCUT2D eigenvalue weighted by molar-refractivity contribution is 0.373. The molecule has 2 N–H and O–H groups in total. The highest BCUT2D eigenvalue weighted by atomic mass is 16.5.